The summed E-state index contributed by atoms with van der Waals surface area (Å²) in [5.41, 5.74) is 3.85. The van der Waals surface area contributed by atoms with E-state index in [4.69, 9.17) is 0 Å². The molecule has 90 valence electrons. The van der Waals surface area contributed by atoms with Crippen LogP contribution in [0.25, 0.3) is 0 Å². The van der Waals surface area contributed by atoms with Crippen LogP contribution >= 0.6 is 0 Å². The van der Waals surface area contributed by atoms with Crippen molar-refractivity contribution in [3.63, 3.8) is 0 Å². The van der Waals surface area contributed by atoms with Gasteiger partial charge in [-0.15, -0.1) is 0 Å². The number of hydrogen-bond donors (Lipinski definition) is 1. The fourth-order valence-electron chi connectivity index (χ4n) is 2.29. The van der Waals surface area contributed by atoms with Crippen molar-refractivity contribution in [3.05, 3.63) is 59.7 Å². The van der Waals surface area contributed by atoms with Crippen LogP contribution in [-0.4, -0.2) is 13.0 Å². The summed E-state index contributed by atoms with van der Waals surface area (Å²) in [6, 6.07) is 15.7. The van der Waals surface area contributed by atoms with Gasteiger partial charge in [0.1, 0.15) is 0 Å². The third-order valence-corrected chi connectivity index (χ3v) is 3.27. The summed E-state index contributed by atoms with van der Waals surface area (Å²) in [5, 5.41) is 3.09. The highest BCUT2D eigenvalue weighted by atomic mass is 16.2. The van der Waals surface area contributed by atoms with Crippen LogP contribution in [0.3, 0.4) is 0 Å². The van der Waals surface area contributed by atoms with Crippen molar-refractivity contribution in [2.45, 2.75) is 6.54 Å². The van der Waals surface area contributed by atoms with Crippen molar-refractivity contribution in [1.82, 2.24) is 0 Å². The minimum Gasteiger partial charge on any atom is -0.388 e. The molecule has 18 heavy (non-hydrogen) atoms. The highest BCUT2D eigenvalue weighted by Crippen LogP contribution is 2.29. The molecule has 1 heterocycles. The zero-order chi connectivity index (χ0) is 12.5. The highest BCUT2D eigenvalue weighted by Gasteiger charge is 2.27. The average molecular weight is 238 g/mol. The lowest BCUT2D eigenvalue weighted by atomic mass is 10.1. The molecule has 1 aliphatic rings. The Hall–Kier alpha value is -2.29. The molecule has 2 aromatic carbocycles. The van der Waals surface area contributed by atoms with E-state index >= 15 is 0 Å². The summed E-state index contributed by atoms with van der Waals surface area (Å²) in [5.74, 6) is 0.0823. The maximum atomic E-state index is 12.3. The first-order chi connectivity index (χ1) is 8.79. The van der Waals surface area contributed by atoms with E-state index in [1.54, 1.807) is 0 Å². The third kappa shape index (κ3) is 1.64. The normalized spacial score (nSPS) is 13.6. The number of nitrogens with one attached hydrogen (secondary N) is 1. The SMILES string of the molecule is CNc1cccc(N2Cc3ccccc3C2=O)c1. The molecule has 0 fully saturated rings. The number of nitrogens with zero attached hydrogens (tertiary/aromatic N) is 1. The smallest absolute Gasteiger partial charge is 0.258 e. The van der Waals surface area contributed by atoms with Crippen LogP contribution in [0.2, 0.25) is 0 Å². The van der Waals surface area contributed by atoms with E-state index in [1.165, 1.54) is 0 Å². The van der Waals surface area contributed by atoms with E-state index < -0.39 is 0 Å². The van der Waals surface area contributed by atoms with Gasteiger partial charge in [-0.1, -0.05) is 24.3 Å². The fraction of sp³-hybridized carbons (Fsp3) is 0.133. The minimum atomic E-state index is 0.0823. The number of amides is 1. The number of fused-ring (bicyclic) bond motifs is 1. The maximum Gasteiger partial charge on any atom is 0.258 e. The van der Waals surface area contributed by atoms with Gasteiger partial charge in [-0.05, 0) is 29.8 Å². The second-order valence-corrected chi connectivity index (χ2v) is 4.35. The van der Waals surface area contributed by atoms with Crippen LogP contribution in [0.1, 0.15) is 15.9 Å². The number of hydrogen-bond acceptors (Lipinski definition) is 2. The summed E-state index contributed by atoms with van der Waals surface area (Å²) in [4.78, 5) is 14.1. The van der Waals surface area contributed by atoms with E-state index in [0.717, 1.165) is 22.5 Å². The predicted octanol–water partition coefficient (Wildman–Crippen LogP) is 2.89. The molecule has 0 saturated carbocycles. The molecule has 0 aliphatic carbocycles. The van der Waals surface area contributed by atoms with Gasteiger partial charge in [-0.3, -0.25) is 4.79 Å². The Kier molecular flexibility index (Phi) is 2.52. The highest BCUT2D eigenvalue weighted by molar-refractivity contribution is 6.10. The molecular formula is C15H14N2O. The van der Waals surface area contributed by atoms with Gasteiger partial charge in [0.05, 0.1) is 6.54 Å². The van der Waals surface area contributed by atoms with Crippen LogP contribution in [0.15, 0.2) is 48.5 Å². The summed E-state index contributed by atoms with van der Waals surface area (Å²) in [7, 11) is 1.87. The van der Waals surface area contributed by atoms with E-state index in [9.17, 15) is 4.79 Å². The van der Waals surface area contributed by atoms with Crippen molar-refractivity contribution >= 4 is 17.3 Å². The molecule has 3 nitrogen and oxygen atoms in total. The van der Waals surface area contributed by atoms with Crippen LogP contribution in [0.5, 0.6) is 0 Å². The lowest BCUT2D eigenvalue weighted by Gasteiger charge is -2.16. The summed E-state index contributed by atoms with van der Waals surface area (Å²) in [6.45, 7) is 0.655. The van der Waals surface area contributed by atoms with Crippen molar-refractivity contribution in [1.29, 1.82) is 0 Å². The largest absolute Gasteiger partial charge is 0.388 e. The summed E-state index contributed by atoms with van der Waals surface area (Å²) in [6.07, 6.45) is 0. The molecule has 1 amide bonds. The lowest BCUT2D eigenvalue weighted by molar-refractivity contribution is 0.0996. The third-order valence-electron chi connectivity index (χ3n) is 3.27. The quantitative estimate of drug-likeness (QED) is 0.872. The molecule has 0 unspecified atom stereocenters. The Labute approximate surface area is 106 Å². The molecule has 3 rings (SSSR count). The van der Waals surface area contributed by atoms with E-state index in [2.05, 4.69) is 5.32 Å². The van der Waals surface area contributed by atoms with Gasteiger partial charge in [0.15, 0.2) is 0 Å². The minimum absolute atomic E-state index is 0.0823. The zero-order valence-corrected chi connectivity index (χ0v) is 10.2. The van der Waals surface area contributed by atoms with E-state index in [1.807, 2.05) is 60.5 Å². The van der Waals surface area contributed by atoms with Crippen molar-refractivity contribution < 1.29 is 4.79 Å². The Bertz CT molecular complexity index is 607. The monoisotopic (exact) mass is 238 g/mol. The second-order valence-electron chi connectivity index (χ2n) is 4.35. The van der Waals surface area contributed by atoms with Gasteiger partial charge in [-0.25, -0.2) is 0 Å². The van der Waals surface area contributed by atoms with Crippen LogP contribution in [0, 0.1) is 0 Å². The Morgan fingerprint density at radius 1 is 1.11 bits per heavy atom. The molecule has 0 bridgehead atoms. The standard InChI is InChI=1S/C15H14N2O/c1-16-12-6-4-7-13(9-12)17-10-11-5-2-3-8-14(11)15(17)18/h2-9,16H,10H2,1H3. The predicted molar refractivity (Wildman–Crippen MR) is 72.9 cm³/mol. The molecule has 1 N–H and O–H groups in total. The maximum absolute atomic E-state index is 12.3. The molecule has 0 saturated heterocycles. The van der Waals surface area contributed by atoms with E-state index in [-0.39, 0.29) is 5.91 Å². The molecule has 0 aromatic heterocycles. The zero-order valence-electron chi connectivity index (χ0n) is 10.2. The van der Waals surface area contributed by atoms with Crippen LogP contribution < -0.4 is 10.2 Å². The fourth-order valence-corrected chi connectivity index (χ4v) is 2.29. The first-order valence-corrected chi connectivity index (χ1v) is 5.97. The van der Waals surface area contributed by atoms with Crippen molar-refractivity contribution in [3.8, 4) is 0 Å². The number of anilines is 2. The Morgan fingerprint density at radius 3 is 2.72 bits per heavy atom. The Balaban J connectivity index is 1.98. The molecule has 3 heteroatoms. The number of carbonyl (C=O) groups is 1. The lowest BCUT2D eigenvalue weighted by Crippen LogP contribution is -2.22. The molecule has 2 aromatic rings. The van der Waals surface area contributed by atoms with E-state index in [0.29, 0.717) is 6.54 Å². The number of benzene rings is 2. The molecule has 0 atom stereocenters. The number of rotatable bonds is 2. The van der Waals surface area contributed by atoms with Crippen molar-refractivity contribution in [2.24, 2.45) is 0 Å². The van der Waals surface area contributed by atoms with Crippen molar-refractivity contribution in [2.75, 3.05) is 17.3 Å². The molecular weight excluding hydrogens is 224 g/mol. The van der Waals surface area contributed by atoms with Gasteiger partial charge in [0.2, 0.25) is 0 Å². The van der Waals surface area contributed by atoms with Crippen LogP contribution in [-0.2, 0) is 6.54 Å². The van der Waals surface area contributed by atoms with Gasteiger partial charge in [0, 0.05) is 24.0 Å². The molecule has 1 aliphatic heterocycles. The second kappa shape index (κ2) is 4.18. The summed E-state index contributed by atoms with van der Waals surface area (Å²) < 4.78 is 0. The first kappa shape index (κ1) is 10.8. The van der Waals surface area contributed by atoms with Gasteiger partial charge >= 0.3 is 0 Å². The molecule has 0 spiro atoms. The molecule has 0 radical (unpaired) electrons. The van der Waals surface area contributed by atoms with Crippen LogP contribution in [0.4, 0.5) is 11.4 Å². The average Bonchev–Trinajstić information content (AvgIpc) is 2.77. The van der Waals surface area contributed by atoms with Gasteiger partial charge < -0.3 is 10.2 Å². The summed E-state index contributed by atoms with van der Waals surface area (Å²) >= 11 is 0. The topological polar surface area (TPSA) is 32.3 Å². The van der Waals surface area contributed by atoms with Gasteiger partial charge in [-0.2, -0.15) is 0 Å². The first-order valence-electron chi connectivity index (χ1n) is 5.97. The Morgan fingerprint density at radius 2 is 1.94 bits per heavy atom. The van der Waals surface area contributed by atoms with Gasteiger partial charge in [0.25, 0.3) is 5.91 Å². The number of carbonyl (C=O) groups excluding carboxylic acids is 1.